The van der Waals surface area contributed by atoms with Gasteiger partial charge in [-0.2, -0.15) is 0 Å². The molecule has 0 saturated heterocycles. The number of hydrogen-bond acceptors (Lipinski definition) is 4. The molecule has 0 heterocycles. The zero-order valence-corrected chi connectivity index (χ0v) is 16.4. The van der Waals surface area contributed by atoms with Gasteiger partial charge in [0.15, 0.2) is 6.61 Å². The first-order valence-corrected chi connectivity index (χ1v) is 8.85. The Bertz CT molecular complexity index is 776. The van der Waals surface area contributed by atoms with E-state index in [1.54, 1.807) is 18.2 Å². The Balaban J connectivity index is 1.81. The Morgan fingerprint density at radius 3 is 2.35 bits per heavy atom. The van der Waals surface area contributed by atoms with Crippen molar-refractivity contribution in [2.45, 2.75) is 19.8 Å². The van der Waals surface area contributed by atoms with Gasteiger partial charge < -0.3 is 9.47 Å². The molecular formula is C19H21BrN2O4. The molecule has 138 valence electrons. The van der Waals surface area contributed by atoms with E-state index in [0.717, 1.165) is 0 Å². The number of benzene rings is 2. The summed E-state index contributed by atoms with van der Waals surface area (Å²) < 4.78 is 11.2. The average molecular weight is 421 g/mol. The van der Waals surface area contributed by atoms with Gasteiger partial charge in [0.25, 0.3) is 11.8 Å². The molecule has 0 unspecified atom stereocenters. The molecule has 2 N–H and O–H groups in total. The Morgan fingerprint density at radius 2 is 1.77 bits per heavy atom. The summed E-state index contributed by atoms with van der Waals surface area (Å²) in [4.78, 5) is 23.9. The average Bonchev–Trinajstić information content (AvgIpc) is 2.64. The van der Waals surface area contributed by atoms with Crippen LogP contribution in [0.15, 0.2) is 46.9 Å². The molecule has 0 aromatic heterocycles. The Hall–Kier alpha value is -2.54. The molecule has 2 amide bonds. The maximum Gasteiger partial charge on any atom is 0.276 e. The molecule has 2 aromatic rings. The molecule has 6 nitrogen and oxygen atoms in total. The predicted octanol–water partition coefficient (Wildman–Crippen LogP) is 3.42. The molecule has 0 spiro atoms. The van der Waals surface area contributed by atoms with Crippen molar-refractivity contribution in [2.75, 3.05) is 13.7 Å². The number of hydrogen-bond donors (Lipinski definition) is 2. The van der Waals surface area contributed by atoms with Gasteiger partial charge in [-0.3, -0.25) is 20.4 Å². The summed E-state index contributed by atoms with van der Waals surface area (Å²) >= 11 is 3.31. The minimum atomic E-state index is -0.459. The fraction of sp³-hybridized carbons (Fsp3) is 0.263. The van der Waals surface area contributed by atoms with Gasteiger partial charge in [0, 0.05) is 5.56 Å². The highest BCUT2D eigenvalue weighted by molar-refractivity contribution is 9.10. The topological polar surface area (TPSA) is 76.7 Å². The van der Waals surface area contributed by atoms with Crippen molar-refractivity contribution in [3.05, 3.63) is 58.1 Å². The van der Waals surface area contributed by atoms with E-state index in [4.69, 9.17) is 9.47 Å². The second-order valence-electron chi connectivity index (χ2n) is 5.86. The summed E-state index contributed by atoms with van der Waals surface area (Å²) in [5.74, 6) is 0.736. The third-order valence-electron chi connectivity index (χ3n) is 3.65. The molecule has 0 bridgehead atoms. The Labute approximate surface area is 161 Å². The van der Waals surface area contributed by atoms with Crippen LogP contribution in [-0.2, 0) is 4.79 Å². The van der Waals surface area contributed by atoms with Crippen LogP contribution in [0.1, 0.15) is 35.7 Å². The SMILES string of the molecule is COc1ccc(C(=O)NNC(=O)COc2ccc(C(C)C)cc2)cc1Br. The lowest BCUT2D eigenvalue weighted by molar-refractivity contribution is -0.123. The maximum atomic E-state index is 12.0. The Kier molecular flexibility index (Phi) is 7.03. The molecule has 0 aliphatic carbocycles. The molecule has 7 heteroatoms. The zero-order valence-electron chi connectivity index (χ0n) is 14.8. The van der Waals surface area contributed by atoms with Crippen LogP contribution in [0.3, 0.4) is 0 Å². The van der Waals surface area contributed by atoms with E-state index < -0.39 is 11.8 Å². The normalized spacial score (nSPS) is 10.3. The monoisotopic (exact) mass is 420 g/mol. The van der Waals surface area contributed by atoms with Crippen LogP contribution < -0.4 is 20.3 Å². The second-order valence-corrected chi connectivity index (χ2v) is 6.72. The Morgan fingerprint density at radius 1 is 1.08 bits per heavy atom. The van der Waals surface area contributed by atoms with Crippen LogP contribution in [0, 0.1) is 0 Å². The first kappa shape index (κ1) is 19.8. The molecule has 0 atom stereocenters. The fourth-order valence-electron chi connectivity index (χ4n) is 2.14. The third-order valence-corrected chi connectivity index (χ3v) is 4.27. The van der Waals surface area contributed by atoms with Crippen LogP contribution in [0.5, 0.6) is 11.5 Å². The minimum Gasteiger partial charge on any atom is -0.496 e. The fourth-order valence-corrected chi connectivity index (χ4v) is 2.68. The maximum absolute atomic E-state index is 12.0. The number of halogens is 1. The van der Waals surface area contributed by atoms with Gasteiger partial charge in [-0.05, 0) is 57.7 Å². The van der Waals surface area contributed by atoms with Crippen LogP contribution in [0.4, 0.5) is 0 Å². The number of methoxy groups -OCH3 is 1. The minimum absolute atomic E-state index is 0.201. The third kappa shape index (κ3) is 5.49. The van der Waals surface area contributed by atoms with Gasteiger partial charge in [-0.25, -0.2) is 0 Å². The second kappa shape index (κ2) is 9.24. The first-order valence-electron chi connectivity index (χ1n) is 8.06. The van der Waals surface area contributed by atoms with Gasteiger partial charge in [0.1, 0.15) is 11.5 Å². The molecule has 0 radical (unpaired) electrons. The van der Waals surface area contributed by atoms with Gasteiger partial charge in [0.2, 0.25) is 0 Å². The summed E-state index contributed by atoms with van der Waals surface area (Å²) in [7, 11) is 1.54. The number of carbonyl (C=O) groups is 2. The summed E-state index contributed by atoms with van der Waals surface area (Å²) in [6.45, 7) is 4.01. The van der Waals surface area contributed by atoms with E-state index in [1.165, 1.54) is 12.7 Å². The van der Waals surface area contributed by atoms with Crippen molar-refractivity contribution in [2.24, 2.45) is 0 Å². The van der Waals surface area contributed by atoms with Gasteiger partial charge in [-0.15, -0.1) is 0 Å². The van der Waals surface area contributed by atoms with E-state index in [0.29, 0.717) is 27.5 Å². The van der Waals surface area contributed by atoms with Crippen LogP contribution in [-0.4, -0.2) is 25.5 Å². The number of amides is 2. The largest absolute Gasteiger partial charge is 0.496 e. The van der Waals surface area contributed by atoms with Crippen LogP contribution >= 0.6 is 15.9 Å². The summed E-state index contributed by atoms with van der Waals surface area (Å²) in [5.41, 5.74) is 6.23. The standard InChI is InChI=1S/C19H21BrN2O4/c1-12(2)13-4-7-15(8-5-13)26-11-18(23)21-22-19(24)14-6-9-17(25-3)16(20)10-14/h4-10,12H,11H2,1-3H3,(H,21,23)(H,22,24). The number of carbonyl (C=O) groups excluding carboxylic acids is 2. The summed E-state index contributed by atoms with van der Waals surface area (Å²) in [5, 5.41) is 0. The van der Waals surface area contributed by atoms with Crippen LogP contribution in [0.25, 0.3) is 0 Å². The first-order chi connectivity index (χ1) is 12.4. The van der Waals surface area contributed by atoms with Gasteiger partial charge >= 0.3 is 0 Å². The van der Waals surface area contributed by atoms with E-state index in [1.807, 2.05) is 24.3 Å². The molecule has 2 rings (SSSR count). The van der Waals surface area contributed by atoms with E-state index in [9.17, 15) is 9.59 Å². The quantitative estimate of drug-likeness (QED) is 0.701. The highest BCUT2D eigenvalue weighted by atomic mass is 79.9. The number of nitrogens with one attached hydrogen (secondary N) is 2. The van der Waals surface area contributed by atoms with E-state index in [-0.39, 0.29) is 6.61 Å². The lowest BCUT2D eigenvalue weighted by Gasteiger charge is -2.11. The molecule has 0 aliphatic rings. The number of ether oxygens (including phenoxy) is 2. The molecule has 0 aliphatic heterocycles. The molecule has 26 heavy (non-hydrogen) atoms. The number of hydrazine groups is 1. The van der Waals surface area contributed by atoms with Gasteiger partial charge in [0.05, 0.1) is 11.6 Å². The molecule has 0 fully saturated rings. The lowest BCUT2D eigenvalue weighted by atomic mass is 10.0. The van der Waals surface area contributed by atoms with Crippen molar-refractivity contribution in [1.82, 2.24) is 10.9 Å². The highest BCUT2D eigenvalue weighted by Gasteiger charge is 2.10. The molecule has 2 aromatic carbocycles. The van der Waals surface area contributed by atoms with E-state index in [2.05, 4.69) is 40.6 Å². The lowest BCUT2D eigenvalue weighted by Crippen LogP contribution is -2.43. The summed E-state index contributed by atoms with van der Waals surface area (Å²) in [6.07, 6.45) is 0. The van der Waals surface area contributed by atoms with E-state index >= 15 is 0 Å². The summed E-state index contributed by atoms with van der Waals surface area (Å²) in [6, 6.07) is 12.4. The predicted molar refractivity (Wildman–Crippen MR) is 102 cm³/mol. The number of rotatable bonds is 6. The van der Waals surface area contributed by atoms with Crippen molar-refractivity contribution < 1.29 is 19.1 Å². The van der Waals surface area contributed by atoms with Crippen molar-refractivity contribution in [3.63, 3.8) is 0 Å². The van der Waals surface area contributed by atoms with Gasteiger partial charge in [-0.1, -0.05) is 26.0 Å². The van der Waals surface area contributed by atoms with Crippen molar-refractivity contribution >= 4 is 27.7 Å². The van der Waals surface area contributed by atoms with Crippen LogP contribution in [0.2, 0.25) is 0 Å². The zero-order chi connectivity index (χ0) is 19.1. The smallest absolute Gasteiger partial charge is 0.276 e. The molecule has 0 saturated carbocycles. The van der Waals surface area contributed by atoms with Crippen molar-refractivity contribution in [3.8, 4) is 11.5 Å². The highest BCUT2D eigenvalue weighted by Crippen LogP contribution is 2.25. The van der Waals surface area contributed by atoms with Crippen molar-refractivity contribution in [1.29, 1.82) is 0 Å². The molecular weight excluding hydrogens is 400 g/mol.